The number of hydrogen-bond donors (Lipinski definition) is 1. The van der Waals surface area contributed by atoms with Gasteiger partial charge in [-0.25, -0.2) is 4.98 Å². The summed E-state index contributed by atoms with van der Waals surface area (Å²) >= 11 is 8.76. The highest BCUT2D eigenvalue weighted by molar-refractivity contribution is 7.97. The molecule has 0 aliphatic rings. The lowest BCUT2D eigenvalue weighted by Crippen LogP contribution is -2.03. The van der Waals surface area contributed by atoms with Gasteiger partial charge in [0.1, 0.15) is 5.01 Å². The molecule has 0 saturated heterocycles. The van der Waals surface area contributed by atoms with Crippen LogP contribution in [0.15, 0.2) is 0 Å². The third-order valence-electron chi connectivity index (χ3n) is 2.53. The summed E-state index contributed by atoms with van der Waals surface area (Å²) in [5, 5.41) is 8.36. The maximum Gasteiger partial charge on any atom is 0.195 e. The maximum absolute atomic E-state index is 5.28. The van der Waals surface area contributed by atoms with E-state index in [1.807, 2.05) is 11.5 Å². The molecule has 0 aliphatic heterocycles. The van der Waals surface area contributed by atoms with Gasteiger partial charge in [-0.1, -0.05) is 0 Å². The lowest BCUT2D eigenvalue weighted by molar-refractivity contribution is 0.597. The second-order valence-corrected chi connectivity index (χ2v) is 6.61. The van der Waals surface area contributed by atoms with Gasteiger partial charge in [-0.2, -0.15) is 16.9 Å². The third-order valence-corrected chi connectivity index (χ3v) is 4.72. The van der Waals surface area contributed by atoms with E-state index in [1.54, 1.807) is 23.1 Å². The van der Waals surface area contributed by atoms with Crippen LogP contribution in [0.4, 0.5) is 0 Å². The van der Waals surface area contributed by atoms with Crippen LogP contribution in [-0.4, -0.2) is 26.0 Å². The lowest BCUT2D eigenvalue weighted by Gasteiger charge is -2.08. The average Bonchev–Trinajstić information content (AvgIpc) is 2.82. The van der Waals surface area contributed by atoms with Gasteiger partial charge in [-0.15, -0.1) is 11.3 Å². The Bertz CT molecular complexity index is 594. The zero-order valence-electron chi connectivity index (χ0n) is 10.9. The molecular formula is C11H16N4S3. The Morgan fingerprint density at radius 3 is 2.83 bits per heavy atom. The zero-order valence-corrected chi connectivity index (χ0v) is 13.3. The summed E-state index contributed by atoms with van der Waals surface area (Å²) in [5.41, 5.74) is 1.03. The van der Waals surface area contributed by atoms with Crippen molar-refractivity contribution in [3.05, 3.63) is 15.5 Å². The number of rotatable bonds is 4. The van der Waals surface area contributed by atoms with Gasteiger partial charge in [0.25, 0.3) is 0 Å². The number of hydrogen-bond acceptors (Lipinski definition) is 5. The van der Waals surface area contributed by atoms with Crippen LogP contribution >= 0.6 is 35.3 Å². The van der Waals surface area contributed by atoms with Crippen LogP contribution in [0, 0.1) is 11.7 Å². The molecule has 0 amide bonds. The molecule has 18 heavy (non-hydrogen) atoms. The fourth-order valence-electron chi connectivity index (χ4n) is 1.79. The van der Waals surface area contributed by atoms with E-state index in [1.165, 1.54) is 0 Å². The molecule has 1 N–H and O–H groups in total. The number of thioether (sulfide) groups is 1. The van der Waals surface area contributed by atoms with Gasteiger partial charge in [0.2, 0.25) is 0 Å². The smallest absolute Gasteiger partial charge is 0.195 e. The van der Waals surface area contributed by atoms with Crippen molar-refractivity contribution in [2.75, 3.05) is 6.26 Å². The van der Waals surface area contributed by atoms with E-state index < -0.39 is 0 Å². The molecule has 2 aromatic rings. The second-order valence-electron chi connectivity index (χ2n) is 4.27. The molecule has 0 aliphatic carbocycles. The minimum absolute atomic E-state index is 0.289. The van der Waals surface area contributed by atoms with Gasteiger partial charge in [-0.3, -0.25) is 9.67 Å². The molecule has 0 unspecified atom stereocenters. The molecule has 4 nitrogen and oxygen atoms in total. The molecular weight excluding hydrogens is 284 g/mol. The molecule has 0 aromatic carbocycles. The molecule has 2 rings (SSSR count). The first-order valence-electron chi connectivity index (χ1n) is 5.67. The predicted octanol–water partition coefficient (Wildman–Crippen LogP) is 3.82. The molecule has 98 valence electrons. The van der Waals surface area contributed by atoms with Crippen LogP contribution in [-0.2, 0) is 5.75 Å². The molecule has 0 bridgehead atoms. The number of aromatic nitrogens is 4. The van der Waals surface area contributed by atoms with E-state index >= 15 is 0 Å². The van der Waals surface area contributed by atoms with Gasteiger partial charge in [-0.05, 0) is 39.2 Å². The van der Waals surface area contributed by atoms with Gasteiger partial charge in [0, 0.05) is 11.8 Å². The summed E-state index contributed by atoms with van der Waals surface area (Å²) in [6, 6.07) is 0.289. The summed E-state index contributed by atoms with van der Waals surface area (Å²) < 4.78 is 2.71. The van der Waals surface area contributed by atoms with Crippen LogP contribution in [0.3, 0.4) is 0 Å². The Balaban J connectivity index is 2.52. The maximum atomic E-state index is 5.28. The monoisotopic (exact) mass is 300 g/mol. The number of aromatic amines is 1. The molecule has 0 spiro atoms. The van der Waals surface area contributed by atoms with Gasteiger partial charge >= 0.3 is 0 Å². The molecule has 0 fully saturated rings. The van der Waals surface area contributed by atoms with Crippen LogP contribution in [0.1, 0.15) is 30.6 Å². The van der Waals surface area contributed by atoms with Crippen molar-refractivity contribution in [1.82, 2.24) is 19.7 Å². The molecule has 0 atom stereocenters. The van der Waals surface area contributed by atoms with Crippen LogP contribution < -0.4 is 0 Å². The Hall–Kier alpha value is -0.660. The Morgan fingerprint density at radius 2 is 2.22 bits per heavy atom. The number of nitrogens with one attached hydrogen (secondary N) is 1. The Labute approximate surface area is 120 Å². The minimum Gasteiger partial charge on any atom is -0.297 e. The van der Waals surface area contributed by atoms with Gasteiger partial charge in [0.05, 0.1) is 10.6 Å². The van der Waals surface area contributed by atoms with Crippen molar-refractivity contribution in [3.63, 3.8) is 0 Å². The van der Waals surface area contributed by atoms with Crippen molar-refractivity contribution < 1.29 is 0 Å². The van der Waals surface area contributed by atoms with Crippen molar-refractivity contribution in [2.45, 2.75) is 32.6 Å². The molecule has 2 aromatic heterocycles. The zero-order chi connectivity index (χ0) is 13.3. The van der Waals surface area contributed by atoms with E-state index in [9.17, 15) is 0 Å². The summed E-state index contributed by atoms with van der Waals surface area (Å²) in [6.07, 6.45) is 2.08. The normalized spacial score (nSPS) is 11.4. The Kier molecular flexibility index (Phi) is 4.24. The largest absolute Gasteiger partial charge is 0.297 e. The molecule has 0 radical (unpaired) electrons. The summed E-state index contributed by atoms with van der Waals surface area (Å²) in [4.78, 5) is 5.69. The standard InChI is InChI=1S/C11H16N4S3/c1-6(2)15-10(13-14-11(15)16)9-7(3)12-8(18-9)5-17-4/h6H,5H2,1-4H3,(H,14,16). The fourth-order valence-corrected chi connectivity index (χ4v) is 3.88. The van der Waals surface area contributed by atoms with Gasteiger partial charge in [0.15, 0.2) is 10.6 Å². The predicted molar refractivity (Wildman–Crippen MR) is 80.9 cm³/mol. The first-order valence-corrected chi connectivity index (χ1v) is 8.29. The summed E-state index contributed by atoms with van der Waals surface area (Å²) in [5.74, 6) is 1.84. The van der Waals surface area contributed by atoms with Crippen LogP contribution in [0.5, 0.6) is 0 Å². The topological polar surface area (TPSA) is 46.5 Å². The number of nitrogens with zero attached hydrogens (tertiary/aromatic N) is 3. The van der Waals surface area contributed by atoms with Crippen LogP contribution in [0.25, 0.3) is 10.7 Å². The van der Waals surface area contributed by atoms with Crippen LogP contribution in [0.2, 0.25) is 0 Å². The van der Waals surface area contributed by atoms with E-state index in [0.717, 1.165) is 27.2 Å². The highest BCUT2D eigenvalue weighted by Crippen LogP contribution is 2.31. The lowest BCUT2D eigenvalue weighted by atomic mass is 10.3. The van der Waals surface area contributed by atoms with E-state index in [-0.39, 0.29) is 6.04 Å². The van der Waals surface area contributed by atoms with Crippen molar-refractivity contribution in [2.24, 2.45) is 0 Å². The van der Waals surface area contributed by atoms with E-state index in [0.29, 0.717) is 4.77 Å². The highest BCUT2D eigenvalue weighted by atomic mass is 32.2. The molecule has 0 saturated carbocycles. The summed E-state index contributed by atoms with van der Waals surface area (Å²) in [7, 11) is 0. The quantitative estimate of drug-likeness (QED) is 0.872. The minimum atomic E-state index is 0.289. The van der Waals surface area contributed by atoms with E-state index in [4.69, 9.17) is 12.2 Å². The molecule has 7 heteroatoms. The van der Waals surface area contributed by atoms with Crippen molar-refractivity contribution in [1.29, 1.82) is 0 Å². The van der Waals surface area contributed by atoms with Crippen molar-refractivity contribution in [3.8, 4) is 10.7 Å². The fraction of sp³-hybridized carbons (Fsp3) is 0.545. The number of aryl methyl sites for hydroxylation is 1. The van der Waals surface area contributed by atoms with Crippen molar-refractivity contribution >= 4 is 35.3 Å². The SMILES string of the molecule is CSCc1nc(C)c(-c2n[nH]c(=S)n2C(C)C)s1. The average molecular weight is 300 g/mol. The van der Waals surface area contributed by atoms with E-state index in [2.05, 4.69) is 35.3 Å². The first-order chi connectivity index (χ1) is 8.54. The van der Waals surface area contributed by atoms with Gasteiger partial charge < -0.3 is 0 Å². The number of H-pyrrole nitrogens is 1. The highest BCUT2D eigenvalue weighted by Gasteiger charge is 2.17. The molecule has 2 heterocycles. The first kappa shape index (κ1) is 13.8. The Morgan fingerprint density at radius 1 is 1.50 bits per heavy atom. The number of thiazole rings is 1. The third kappa shape index (κ3) is 2.53. The summed E-state index contributed by atoms with van der Waals surface area (Å²) in [6.45, 7) is 6.24. The second kappa shape index (κ2) is 5.54.